The van der Waals surface area contributed by atoms with Gasteiger partial charge in [-0.2, -0.15) is 0 Å². The second-order valence-electron chi connectivity index (χ2n) is 3.84. The zero-order chi connectivity index (χ0) is 11.6. The highest BCUT2D eigenvalue weighted by Crippen LogP contribution is 2.11. The van der Waals surface area contributed by atoms with Crippen molar-refractivity contribution in [3.8, 4) is 0 Å². The number of nitrogens with one attached hydrogen (secondary N) is 2. The molecule has 0 fully saturated rings. The van der Waals surface area contributed by atoms with Crippen molar-refractivity contribution in [3.63, 3.8) is 0 Å². The molecule has 0 amide bonds. The molecule has 2 nitrogen and oxygen atoms in total. The maximum atomic E-state index is 3.48. The van der Waals surface area contributed by atoms with Gasteiger partial charge in [0.1, 0.15) is 0 Å². The molecule has 0 aliphatic heterocycles. The minimum atomic E-state index is 1.06. The Kier molecular flexibility index (Phi) is 7.47. The smallest absolute Gasteiger partial charge is 0.0178 e. The van der Waals surface area contributed by atoms with Crippen LogP contribution in [0.5, 0.6) is 0 Å². The van der Waals surface area contributed by atoms with Crippen molar-refractivity contribution in [2.75, 3.05) is 26.2 Å². The van der Waals surface area contributed by atoms with Crippen molar-refractivity contribution in [3.05, 3.63) is 34.3 Å². The van der Waals surface area contributed by atoms with E-state index >= 15 is 0 Å². The lowest BCUT2D eigenvalue weighted by Crippen LogP contribution is -2.23. The average molecular weight is 285 g/mol. The van der Waals surface area contributed by atoms with Gasteiger partial charge in [-0.25, -0.2) is 0 Å². The highest BCUT2D eigenvalue weighted by Gasteiger charge is 1.93. The molecule has 1 aromatic carbocycles. The van der Waals surface area contributed by atoms with Gasteiger partial charge in [0.15, 0.2) is 0 Å². The molecule has 0 saturated carbocycles. The minimum absolute atomic E-state index is 1.06. The first kappa shape index (κ1) is 13.7. The molecule has 0 aliphatic carbocycles. The van der Waals surface area contributed by atoms with Crippen molar-refractivity contribution in [1.82, 2.24) is 10.6 Å². The zero-order valence-corrected chi connectivity index (χ0v) is 11.5. The first-order valence-electron chi connectivity index (χ1n) is 5.99. The summed E-state index contributed by atoms with van der Waals surface area (Å²) in [4.78, 5) is 0. The van der Waals surface area contributed by atoms with Crippen LogP contribution in [-0.4, -0.2) is 26.2 Å². The van der Waals surface area contributed by atoms with Crippen LogP contribution in [0.25, 0.3) is 0 Å². The molecule has 0 spiro atoms. The van der Waals surface area contributed by atoms with Gasteiger partial charge in [-0.05, 0) is 56.7 Å². The Balaban J connectivity index is 2.03. The van der Waals surface area contributed by atoms with E-state index in [9.17, 15) is 0 Å². The van der Waals surface area contributed by atoms with Crippen molar-refractivity contribution in [2.24, 2.45) is 0 Å². The van der Waals surface area contributed by atoms with Gasteiger partial charge in [0.05, 0.1) is 0 Å². The summed E-state index contributed by atoms with van der Waals surface area (Å²) in [5.74, 6) is 0. The van der Waals surface area contributed by atoms with E-state index < -0.39 is 0 Å². The normalized spacial score (nSPS) is 10.6. The van der Waals surface area contributed by atoms with Crippen LogP contribution in [0.1, 0.15) is 18.9 Å². The Labute approximate surface area is 107 Å². The first-order chi connectivity index (χ1) is 7.83. The van der Waals surface area contributed by atoms with E-state index in [2.05, 4.69) is 57.8 Å². The molecular weight excluding hydrogens is 264 g/mol. The Morgan fingerprint density at radius 1 is 1.12 bits per heavy atom. The fourth-order valence-corrected chi connectivity index (χ4v) is 2.01. The Morgan fingerprint density at radius 2 is 1.94 bits per heavy atom. The van der Waals surface area contributed by atoms with Gasteiger partial charge in [0, 0.05) is 4.47 Å². The Hall–Kier alpha value is -0.380. The van der Waals surface area contributed by atoms with E-state index in [1.165, 1.54) is 12.0 Å². The SMILES string of the molecule is CCNCCCNCCc1cccc(Br)c1. The van der Waals surface area contributed by atoms with Gasteiger partial charge in [-0.15, -0.1) is 0 Å². The number of benzene rings is 1. The van der Waals surface area contributed by atoms with Crippen LogP contribution in [-0.2, 0) is 6.42 Å². The molecule has 16 heavy (non-hydrogen) atoms. The Bertz CT molecular complexity index is 289. The van der Waals surface area contributed by atoms with Gasteiger partial charge >= 0.3 is 0 Å². The molecule has 0 bridgehead atoms. The predicted octanol–water partition coefficient (Wildman–Crippen LogP) is 2.58. The summed E-state index contributed by atoms with van der Waals surface area (Å²) in [6, 6.07) is 8.50. The van der Waals surface area contributed by atoms with Crippen LogP contribution in [0.2, 0.25) is 0 Å². The molecular formula is C13H21BrN2. The zero-order valence-electron chi connectivity index (χ0n) is 9.93. The third-order valence-corrected chi connectivity index (χ3v) is 2.93. The van der Waals surface area contributed by atoms with Crippen molar-refractivity contribution < 1.29 is 0 Å². The molecule has 1 rings (SSSR count). The molecule has 0 saturated heterocycles. The van der Waals surface area contributed by atoms with Crippen LogP contribution >= 0.6 is 15.9 Å². The number of hydrogen-bond acceptors (Lipinski definition) is 2. The molecule has 1 aromatic rings. The summed E-state index contributed by atoms with van der Waals surface area (Å²) < 4.78 is 1.16. The van der Waals surface area contributed by atoms with Crippen LogP contribution in [0.4, 0.5) is 0 Å². The summed E-state index contributed by atoms with van der Waals surface area (Å²) in [5.41, 5.74) is 1.38. The Morgan fingerprint density at radius 3 is 2.69 bits per heavy atom. The molecule has 2 N–H and O–H groups in total. The third-order valence-electron chi connectivity index (χ3n) is 2.44. The van der Waals surface area contributed by atoms with Crippen molar-refractivity contribution in [2.45, 2.75) is 19.8 Å². The number of rotatable bonds is 8. The van der Waals surface area contributed by atoms with Crippen molar-refractivity contribution in [1.29, 1.82) is 0 Å². The van der Waals surface area contributed by atoms with Gasteiger partial charge in [0.25, 0.3) is 0 Å². The summed E-state index contributed by atoms with van der Waals surface area (Å²) in [7, 11) is 0. The summed E-state index contributed by atoms with van der Waals surface area (Å²) in [6.07, 6.45) is 2.30. The quantitative estimate of drug-likeness (QED) is 0.717. The largest absolute Gasteiger partial charge is 0.317 e. The minimum Gasteiger partial charge on any atom is -0.317 e. The van der Waals surface area contributed by atoms with Crippen LogP contribution in [0.15, 0.2) is 28.7 Å². The second-order valence-corrected chi connectivity index (χ2v) is 4.75. The standard InChI is InChI=1S/C13H21BrN2/c1-2-15-8-4-9-16-10-7-12-5-3-6-13(14)11-12/h3,5-6,11,15-16H,2,4,7-10H2,1H3. The lowest BCUT2D eigenvalue weighted by Gasteiger charge is -2.05. The molecule has 0 radical (unpaired) electrons. The van der Waals surface area contributed by atoms with Crippen LogP contribution in [0, 0.1) is 0 Å². The second kappa shape index (κ2) is 8.74. The van der Waals surface area contributed by atoms with E-state index in [0.29, 0.717) is 0 Å². The summed E-state index contributed by atoms with van der Waals surface area (Å²) in [5, 5.41) is 6.78. The molecule has 0 aromatic heterocycles. The third kappa shape index (κ3) is 6.26. The molecule has 3 heteroatoms. The number of hydrogen-bond donors (Lipinski definition) is 2. The predicted molar refractivity (Wildman–Crippen MR) is 73.9 cm³/mol. The highest BCUT2D eigenvalue weighted by molar-refractivity contribution is 9.10. The summed E-state index contributed by atoms with van der Waals surface area (Å²) >= 11 is 3.48. The first-order valence-corrected chi connectivity index (χ1v) is 6.78. The van der Waals surface area contributed by atoms with Gasteiger partial charge in [-0.3, -0.25) is 0 Å². The summed E-state index contributed by atoms with van der Waals surface area (Å²) in [6.45, 7) is 6.47. The molecule has 0 aliphatic rings. The molecule has 0 atom stereocenters. The van der Waals surface area contributed by atoms with E-state index in [4.69, 9.17) is 0 Å². The van der Waals surface area contributed by atoms with E-state index in [1.807, 2.05) is 0 Å². The fourth-order valence-electron chi connectivity index (χ4n) is 1.57. The molecule has 0 unspecified atom stereocenters. The lowest BCUT2D eigenvalue weighted by atomic mass is 10.1. The maximum absolute atomic E-state index is 3.48. The van der Waals surface area contributed by atoms with E-state index in [1.54, 1.807) is 0 Å². The van der Waals surface area contributed by atoms with Crippen molar-refractivity contribution >= 4 is 15.9 Å². The maximum Gasteiger partial charge on any atom is 0.0178 e. The van der Waals surface area contributed by atoms with E-state index in [0.717, 1.165) is 37.1 Å². The molecule has 90 valence electrons. The highest BCUT2D eigenvalue weighted by atomic mass is 79.9. The average Bonchev–Trinajstić information content (AvgIpc) is 2.28. The van der Waals surface area contributed by atoms with Crippen LogP contribution < -0.4 is 10.6 Å². The fraction of sp³-hybridized carbons (Fsp3) is 0.538. The topological polar surface area (TPSA) is 24.1 Å². The van der Waals surface area contributed by atoms with Gasteiger partial charge in [0.2, 0.25) is 0 Å². The van der Waals surface area contributed by atoms with Gasteiger partial charge in [-0.1, -0.05) is 35.0 Å². The lowest BCUT2D eigenvalue weighted by molar-refractivity contribution is 0.606. The van der Waals surface area contributed by atoms with Crippen LogP contribution in [0.3, 0.4) is 0 Å². The monoisotopic (exact) mass is 284 g/mol. The van der Waals surface area contributed by atoms with Gasteiger partial charge < -0.3 is 10.6 Å². The van der Waals surface area contributed by atoms with E-state index in [-0.39, 0.29) is 0 Å². The number of halogens is 1. The molecule has 0 heterocycles.